The van der Waals surface area contributed by atoms with Gasteiger partial charge in [-0.2, -0.15) is 4.57 Å². The van der Waals surface area contributed by atoms with Crippen molar-refractivity contribution in [3.63, 3.8) is 0 Å². The number of hydrogen-bond acceptors (Lipinski definition) is 4. The van der Waals surface area contributed by atoms with E-state index >= 15 is 0 Å². The molecule has 0 bridgehead atoms. The van der Waals surface area contributed by atoms with Crippen molar-refractivity contribution in [2.45, 2.75) is 116 Å². The summed E-state index contributed by atoms with van der Waals surface area (Å²) in [4.78, 5) is 14.6. The molecule has 0 saturated carbocycles. The average molecular weight is 567 g/mol. The van der Waals surface area contributed by atoms with Crippen LogP contribution < -0.4 is 14.8 Å². The van der Waals surface area contributed by atoms with E-state index < -0.39 is 12.1 Å². The van der Waals surface area contributed by atoms with E-state index in [1.165, 1.54) is 70.6 Å². The number of pyridine rings is 1. The molecule has 3 N–H and O–H groups in total. The number of nitrogens with zero attached hydrogens (tertiary/aromatic N) is 2. The van der Waals surface area contributed by atoms with Gasteiger partial charge in [0.1, 0.15) is 0 Å². The number of anilines is 1. The third kappa shape index (κ3) is 15.2. The van der Waals surface area contributed by atoms with E-state index in [4.69, 9.17) is 0 Å². The molecule has 228 valence electrons. The summed E-state index contributed by atoms with van der Waals surface area (Å²) < 4.78 is 1.80. The van der Waals surface area contributed by atoms with E-state index in [1.54, 1.807) is 4.57 Å². The Kier molecular flexibility index (Phi) is 17.7. The maximum absolute atomic E-state index is 12.6. The molecule has 2 aromatic rings. The summed E-state index contributed by atoms with van der Waals surface area (Å²) in [6.45, 7) is 2.13. The minimum absolute atomic E-state index is 0.137. The summed E-state index contributed by atoms with van der Waals surface area (Å²) >= 11 is 0. The van der Waals surface area contributed by atoms with Crippen LogP contribution in [0.1, 0.15) is 108 Å². The van der Waals surface area contributed by atoms with Gasteiger partial charge in [0.15, 0.2) is 12.4 Å². The van der Waals surface area contributed by atoms with Gasteiger partial charge >= 0.3 is 0 Å². The van der Waals surface area contributed by atoms with Gasteiger partial charge in [0.2, 0.25) is 6.54 Å². The predicted molar refractivity (Wildman–Crippen MR) is 172 cm³/mol. The van der Waals surface area contributed by atoms with Gasteiger partial charge < -0.3 is 20.4 Å². The standard InChI is InChI=1S/C35H55N3O3/c1-4-5-6-7-8-9-10-11-12-13-14-15-16-17-34(40)33(29-39)36-35(41)28-38-26-24-31(25-27-38)19-18-30-20-22-32(23-21-30)37(2)3/h18-27,33-34,39-40H,4-17,28-29H2,1-3H3/p+1/t33-,34+/m0/s1. The van der Waals surface area contributed by atoms with Crippen molar-refractivity contribution in [1.82, 2.24) is 5.32 Å². The normalized spacial score (nSPS) is 12.9. The van der Waals surface area contributed by atoms with Gasteiger partial charge in [0.05, 0.1) is 18.8 Å². The van der Waals surface area contributed by atoms with Gasteiger partial charge in [-0.05, 0) is 29.7 Å². The van der Waals surface area contributed by atoms with Gasteiger partial charge in [-0.1, -0.05) is 115 Å². The van der Waals surface area contributed by atoms with Gasteiger partial charge in [0.25, 0.3) is 5.91 Å². The van der Waals surface area contributed by atoms with Gasteiger partial charge in [-0.15, -0.1) is 0 Å². The monoisotopic (exact) mass is 566 g/mol. The van der Waals surface area contributed by atoms with Gasteiger partial charge in [-0.3, -0.25) is 4.79 Å². The Morgan fingerprint density at radius 1 is 0.805 bits per heavy atom. The molecule has 0 radical (unpaired) electrons. The highest BCUT2D eigenvalue weighted by atomic mass is 16.3. The first-order chi connectivity index (χ1) is 19.9. The molecule has 1 heterocycles. The molecular formula is C35H56N3O3+. The lowest BCUT2D eigenvalue weighted by atomic mass is 10.0. The molecule has 0 aliphatic heterocycles. The largest absolute Gasteiger partial charge is 0.394 e. The van der Waals surface area contributed by atoms with Crippen molar-refractivity contribution in [1.29, 1.82) is 0 Å². The van der Waals surface area contributed by atoms with Crippen molar-refractivity contribution in [3.8, 4) is 0 Å². The molecule has 1 amide bonds. The zero-order valence-corrected chi connectivity index (χ0v) is 25.9. The summed E-state index contributed by atoms with van der Waals surface area (Å²) in [5.41, 5.74) is 3.33. The number of carbonyl (C=O) groups is 1. The van der Waals surface area contributed by atoms with Crippen molar-refractivity contribution in [2.75, 3.05) is 25.6 Å². The van der Waals surface area contributed by atoms with E-state index in [2.05, 4.69) is 47.5 Å². The highest BCUT2D eigenvalue weighted by molar-refractivity contribution is 5.75. The molecule has 0 unspecified atom stereocenters. The summed E-state index contributed by atoms with van der Waals surface area (Å²) in [6.07, 6.45) is 24.3. The zero-order valence-electron chi connectivity index (χ0n) is 25.9. The summed E-state index contributed by atoms with van der Waals surface area (Å²) in [6, 6.07) is 11.6. The van der Waals surface area contributed by atoms with E-state index in [1.807, 2.05) is 44.7 Å². The first-order valence-corrected chi connectivity index (χ1v) is 16.0. The van der Waals surface area contributed by atoms with Crippen LogP contribution in [-0.4, -0.2) is 49.0 Å². The highest BCUT2D eigenvalue weighted by Crippen LogP contribution is 2.15. The van der Waals surface area contributed by atoms with Crippen molar-refractivity contribution >= 4 is 23.7 Å². The lowest BCUT2D eigenvalue weighted by Crippen LogP contribution is -2.50. The predicted octanol–water partition coefficient (Wildman–Crippen LogP) is 6.53. The quantitative estimate of drug-likeness (QED) is 0.112. The number of rotatable bonds is 22. The smallest absolute Gasteiger partial charge is 0.286 e. The number of aliphatic hydroxyl groups excluding tert-OH is 2. The van der Waals surface area contributed by atoms with Crippen LogP contribution in [0.25, 0.3) is 12.2 Å². The van der Waals surface area contributed by atoms with Crippen LogP contribution in [0.5, 0.6) is 0 Å². The fraction of sp³-hybridized carbons (Fsp3) is 0.600. The Bertz CT molecular complexity index is 973. The van der Waals surface area contributed by atoms with Crippen molar-refractivity contribution < 1.29 is 19.6 Å². The third-order valence-corrected chi connectivity index (χ3v) is 7.73. The molecule has 41 heavy (non-hydrogen) atoms. The fourth-order valence-electron chi connectivity index (χ4n) is 5.02. The maximum atomic E-state index is 12.6. The molecule has 0 aliphatic carbocycles. The minimum atomic E-state index is -0.735. The van der Waals surface area contributed by atoms with Crippen molar-refractivity contribution in [3.05, 3.63) is 59.9 Å². The van der Waals surface area contributed by atoms with Crippen LogP contribution >= 0.6 is 0 Å². The van der Waals surface area contributed by atoms with Crippen LogP contribution in [0.15, 0.2) is 48.8 Å². The molecule has 0 aliphatic rings. The molecular weight excluding hydrogens is 510 g/mol. The Hall–Kier alpha value is -2.70. The number of benzene rings is 1. The Labute approximate surface area is 249 Å². The van der Waals surface area contributed by atoms with Crippen LogP contribution in [0, 0.1) is 0 Å². The van der Waals surface area contributed by atoms with E-state index in [-0.39, 0.29) is 19.1 Å². The Balaban J connectivity index is 1.60. The minimum Gasteiger partial charge on any atom is -0.394 e. The molecule has 6 heteroatoms. The molecule has 0 fully saturated rings. The fourth-order valence-corrected chi connectivity index (χ4v) is 5.02. The summed E-state index contributed by atoms with van der Waals surface area (Å²) in [5.74, 6) is -0.220. The summed E-state index contributed by atoms with van der Waals surface area (Å²) in [7, 11) is 4.05. The first kappa shape index (κ1) is 34.5. The second-order valence-electron chi connectivity index (χ2n) is 11.6. The molecule has 1 aromatic heterocycles. The number of unbranched alkanes of at least 4 members (excludes halogenated alkanes) is 12. The third-order valence-electron chi connectivity index (χ3n) is 7.73. The topological polar surface area (TPSA) is 76.7 Å². The van der Waals surface area contributed by atoms with E-state index in [0.29, 0.717) is 6.42 Å². The number of aromatic nitrogens is 1. The van der Waals surface area contributed by atoms with Gasteiger partial charge in [-0.25, -0.2) is 0 Å². The zero-order chi connectivity index (χ0) is 29.7. The molecule has 6 nitrogen and oxygen atoms in total. The highest BCUT2D eigenvalue weighted by Gasteiger charge is 2.21. The lowest BCUT2D eigenvalue weighted by molar-refractivity contribution is -0.684. The molecule has 2 rings (SSSR count). The average Bonchev–Trinajstić information content (AvgIpc) is 2.98. The number of aliphatic hydroxyl groups is 2. The SMILES string of the molecule is CCCCCCCCCCCCCCC[C@@H](O)[C@H](CO)NC(=O)C[n+]1ccc(/C=C/c2ccc(N(C)C)cc2)cc1. The second kappa shape index (κ2) is 21.1. The molecule has 0 spiro atoms. The molecule has 0 saturated heterocycles. The number of amides is 1. The summed E-state index contributed by atoms with van der Waals surface area (Å²) in [5, 5.41) is 23.1. The van der Waals surface area contributed by atoms with Crippen LogP contribution in [-0.2, 0) is 11.3 Å². The van der Waals surface area contributed by atoms with E-state index in [9.17, 15) is 15.0 Å². The Morgan fingerprint density at radius 2 is 1.29 bits per heavy atom. The number of hydrogen-bond donors (Lipinski definition) is 3. The second-order valence-corrected chi connectivity index (χ2v) is 11.6. The Morgan fingerprint density at radius 3 is 1.78 bits per heavy atom. The van der Waals surface area contributed by atoms with Crippen molar-refractivity contribution in [2.24, 2.45) is 0 Å². The van der Waals surface area contributed by atoms with Crippen LogP contribution in [0.2, 0.25) is 0 Å². The van der Waals surface area contributed by atoms with Crippen LogP contribution in [0.3, 0.4) is 0 Å². The van der Waals surface area contributed by atoms with Crippen LogP contribution in [0.4, 0.5) is 5.69 Å². The van der Waals surface area contributed by atoms with E-state index in [0.717, 1.165) is 29.7 Å². The molecule has 2 atom stereocenters. The maximum Gasteiger partial charge on any atom is 0.286 e. The van der Waals surface area contributed by atoms with Gasteiger partial charge in [0, 0.05) is 31.9 Å². The number of carbonyl (C=O) groups excluding carboxylic acids is 1. The lowest BCUT2D eigenvalue weighted by Gasteiger charge is -2.21. The first-order valence-electron chi connectivity index (χ1n) is 16.0. The number of nitrogens with one attached hydrogen (secondary N) is 1. The molecule has 1 aromatic carbocycles.